The molecule has 21 heavy (non-hydrogen) atoms. The van der Waals surface area contributed by atoms with Gasteiger partial charge in [0, 0.05) is 19.6 Å². The molecule has 3 N–H and O–H groups in total. The average molecular weight is 292 g/mol. The molecule has 0 spiro atoms. The lowest BCUT2D eigenvalue weighted by Gasteiger charge is -2.20. The maximum atomic E-state index is 12.0. The van der Waals surface area contributed by atoms with Crippen molar-refractivity contribution in [3.8, 4) is 5.75 Å². The van der Waals surface area contributed by atoms with Gasteiger partial charge in [-0.05, 0) is 37.5 Å². The van der Waals surface area contributed by atoms with Crippen molar-refractivity contribution in [3.05, 3.63) is 29.8 Å². The average Bonchev–Trinajstić information content (AvgIpc) is 2.83. The second-order valence-electron chi connectivity index (χ2n) is 5.69. The van der Waals surface area contributed by atoms with E-state index in [-0.39, 0.29) is 18.3 Å². The minimum absolute atomic E-state index is 0.204. The quantitative estimate of drug-likeness (QED) is 0.783. The highest BCUT2D eigenvalue weighted by molar-refractivity contribution is 5.79. The van der Waals surface area contributed by atoms with Crippen LogP contribution in [0.3, 0.4) is 0 Å². The van der Waals surface area contributed by atoms with Crippen molar-refractivity contribution >= 4 is 12.0 Å². The van der Waals surface area contributed by atoms with Gasteiger partial charge in [-0.3, -0.25) is 4.79 Å². The SMILES string of the molecule is CC1(C(=O)O)CCN(C(=O)NCCc2cccc(O)c2)C1. The van der Waals surface area contributed by atoms with E-state index in [1.165, 1.54) is 4.90 Å². The van der Waals surface area contributed by atoms with E-state index in [1.54, 1.807) is 25.1 Å². The summed E-state index contributed by atoms with van der Waals surface area (Å²) < 4.78 is 0. The Morgan fingerprint density at radius 3 is 2.81 bits per heavy atom. The van der Waals surface area contributed by atoms with Gasteiger partial charge < -0.3 is 20.4 Å². The third-order valence-electron chi connectivity index (χ3n) is 3.88. The van der Waals surface area contributed by atoms with Crippen molar-refractivity contribution in [2.45, 2.75) is 19.8 Å². The van der Waals surface area contributed by atoms with Crippen molar-refractivity contribution in [1.82, 2.24) is 10.2 Å². The topological polar surface area (TPSA) is 89.9 Å². The Morgan fingerprint density at radius 1 is 1.43 bits per heavy atom. The number of rotatable bonds is 4. The number of phenolic OH excluding ortho intramolecular Hbond substituents is 1. The molecule has 0 aromatic heterocycles. The number of carboxylic acids is 1. The van der Waals surface area contributed by atoms with E-state index < -0.39 is 11.4 Å². The van der Waals surface area contributed by atoms with Crippen LogP contribution < -0.4 is 5.32 Å². The van der Waals surface area contributed by atoms with Crippen LogP contribution in [0.1, 0.15) is 18.9 Å². The number of aromatic hydroxyl groups is 1. The van der Waals surface area contributed by atoms with Gasteiger partial charge in [-0.15, -0.1) is 0 Å². The zero-order chi connectivity index (χ0) is 15.5. The van der Waals surface area contributed by atoms with Gasteiger partial charge in [-0.25, -0.2) is 4.79 Å². The fraction of sp³-hybridized carbons (Fsp3) is 0.467. The number of carbonyl (C=O) groups is 2. The maximum absolute atomic E-state index is 12.0. The van der Waals surface area contributed by atoms with E-state index in [9.17, 15) is 14.7 Å². The van der Waals surface area contributed by atoms with Gasteiger partial charge in [0.15, 0.2) is 0 Å². The molecule has 0 radical (unpaired) electrons. The first-order valence-electron chi connectivity index (χ1n) is 6.95. The van der Waals surface area contributed by atoms with E-state index >= 15 is 0 Å². The van der Waals surface area contributed by atoms with Crippen molar-refractivity contribution in [2.24, 2.45) is 5.41 Å². The first-order valence-corrected chi connectivity index (χ1v) is 6.95. The van der Waals surface area contributed by atoms with Crippen LogP contribution in [0.25, 0.3) is 0 Å². The highest BCUT2D eigenvalue weighted by atomic mass is 16.4. The van der Waals surface area contributed by atoms with Crippen LogP contribution in [-0.4, -0.2) is 46.7 Å². The number of carboxylic acid groups (broad SMARTS) is 1. The Hall–Kier alpha value is -2.24. The summed E-state index contributed by atoms with van der Waals surface area (Å²) in [5, 5.41) is 21.3. The highest BCUT2D eigenvalue weighted by Crippen LogP contribution is 2.29. The Labute approximate surface area is 123 Å². The molecule has 2 rings (SSSR count). The molecule has 0 saturated carbocycles. The standard InChI is InChI=1S/C15H20N2O4/c1-15(13(19)20)6-8-17(10-15)14(21)16-7-5-11-3-2-4-12(18)9-11/h2-4,9,18H,5-8,10H2,1H3,(H,16,21)(H,19,20). The van der Waals surface area contributed by atoms with Crippen molar-refractivity contribution < 1.29 is 19.8 Å². The van der Waals surface area contributed by atoms with Crippen molar-refractivity contribution in [1.29, 1.82) is 0 Å². The Balaban J connectivity index is 1.79. The number of urea groups is 1. The van der Waals surface area contributed by atoms with Crippen LogP contribution in [0.15, 0.2) is 24.3 Å². The zero-order valence-electron chi connectivity index (χ0n) is 12.0. The molecule has 0 aliphatic carbocycles. The number of carbonyl (C=O) groups excluding carboxylic acids is 1. The molecular formula is C15H20N2O4. The number of hydrogen-bond acceptors (Lipinski definition) is 3. The smallest absolute Gasteiger partial charge is 0.317 e. The summed E-state index contributed by atoms with van der Waals surface area (Å²) in [5.74, 6) is -0.659. The first-order chi connectivity index (χ1) is 9.90. The van der Waals surface area contributed by atoms with Gasteiger partial charge in [-0.2, -0.15) is 0 Å². The number of amides is 2. The molecule has 6 heteroatoms. The number of benzene rings is 1. The summed E-state index contributed by atoms with van der Waals surface area (Å²) in [6.07, 6.45) is 1.09. The number of nitrogens with one attached hydrogen (secondary N) is 1. The lowest BCUT2D eigenvalue weighted by atomic mass is 9.90. The largest absolute Gasteiger partial charge is 0.508 e. The van der Waals surface area contributed by atoms with Crippen LogP contribution in [0, 0.1) is 5.41 Å². The molecule has 6 nitrogen and oxygen atoms in total. The number of hydrogen-bond donors (Lipinski definition) is 3. The number of phenols is 1. The van der Waals surface area contributed by atoms with Crippen LogP contribution in [0.4, 0.5) is 4.79 Å². The van der Waals surface area contributed by atoms with Gasteiger partial charge in [0.1, 0.15) is 5.75 Å². The number of aliphatic carboxylic acids is 1. The molecular weight excluding hydrogens is 272 g/mol. The lowest BCUT2D eigenvalue weighted by molar-refractivity contribution is -0.146. The molecule has 1 fully saturated rings. The summed E-state index contributed by atoms with van der Waals surface area (Å²) in [6, 6.07) is 6.65. The molecule has 114 valence electrons. The lowest BCUT2D eigenvalue weighted by Crippen LogP contribution is -2.41. The van der Waals surface area contributed by atoms with E-state index in [4.69, 9.17) is 5.11 Å². The minimum atomic E-state index is -0.863. The van der Waals surface area contributed by atoms with Crippen LogP contribution in [0.5, 0.6) is 5.75 Å². The fourth-order valence-electron chi connectivity index (χ4n) is 2.45. The Kier molecular flexibility index (Phi) is 4.35. The first kappa shape index (κ1) is 15.2. The molecule has 1 aliphatic rings. The summed E-state index contributed by atoms with van der Waals surface area (Å²) in [6.45, 7) is 2.80. The second-order valence-corrected chi connectivity index (χ2v) is 5.69. The van der Waals surface area contributed by atoms with Gasteiger partial charge in [0.25, 0.3) is 0 Å². The third kappa shape index (κ3) is 3.65. The zero-order valence-corrected chi connectivity index (χ0v) is 12.0. The van der Waals surface area contributed by atoms with Gasteiger partial charge >= 0.3 is 12.0 Å². The molecule has 1 aromatic rings. The van der Waals surface area contributed by atoms with Gasteiger partial charge in [0.05, 0.1) is 5.41 Å². The van der Waals surface area contributed by atoms with Crippen molar-refractivity contribution in [3.63, 3.8) is 0 Å². The third-order valence-corrected chi connectivity index (χ3v) is 3.88. The van der Waals surface area contributed by atoms with Crippen LogP contribution in [0.2, 0.25) is 0 Å². The minimum Gasteiger partial charge on any atom is -0.508 e. The Morgan fingerprint density at radius 2 is 2.19 bits per heavy atom. The number of nitrogens with zero attached hydrogens (tertiary/aromatic N) is 1. The second kappa shape index (κ2) is 6.03. The van der Waals surface area contributed by atoms with E-state index in [0.717, 1.165) is 5.56 Å². The summed E-state index contributed by atoms with van der Waals surface area (Å²) in [5.41, 5.74) is 0.0924. The summed E-state index contributed by atoms with van der Waals surface area (Å²) in [4.78, 5) is 24.7. The van der Waals surface area contributed by atoms with E-state index in [2.05, 4.69) is 5.32 Å². The van der Waals surface area contributed by atoms with Crippen LogP contribution >= 0.6 is 0 Å². The molecule has 1 saturated heterocycles. The van der Waals surface area contributed by atoms with E-state index in [0.29, 0.717) is 25.9 Å². The molecule has 1 aliphatic heterocycles. The highest BCUT2D eigenvalue weighted by Gasteiger charge is 2.42. The Bertz CT molecular complexity index is 546. The fourth-order valence-corrected chi connectivity index (χ4v) is 2.45. The monoisotopic (exact) mass is 292 g/mol. The molecule has 1 aromatic carbocycles. The van der Waals surface area contributed by atoms with Gasteiger partial charge in [0.2, 0.25) is 0 Å². The van der Waals surface area contributed by atoms with Crippen LogP contribution in [-0.2, 0) is 11.2 Å². The molecule has 1 heterocycles. The molecule has 2 amide bonds. The maximum Gasteiger partial charge on any atom is 0.317 e. The van der Waals surface area contributed by atoms with E-state index in [1.807, 2.05) is 6.07 Å². The predicted molar refractivity (Wildman–Crippen MR) is 77.1 cm³/mol. The normalized spacial score (nSPS) is 21.3. The van der Waals surface area contributed by atoms with Gasteiger partial charge in [-0.1, -0.05) is 12.1 Å². The summed E-state index contributed by atoms with van der Waals surface area (Å²) >= 11 is 0. The predicted octanol–water partition coefficient (Wildman–Crippen LogP) is 1.44. The molecule has 0 bridgehead atoms. The van der Waals surface area contributed by atoms with Crippen molar-refractivity contribution in [2.75, 3.05) is 19.6 Å². The number of likely N-dealkylation sites (tertiary alicyclic amines) is 1. The summed E-state index contributed by atoms with van der Waals surface area (Å²) in [7, 11) is 0. The molecule has 1 atom stereocenters. The molecule has 1 unspecified atom stereocenters.